The highest BCUT2D eigenvalue weighted by Crippen LogP contribution is 2.22. The number of benzene rings is 2. The molecule has 0 saturated carbocycles. The van der Waals surface area contributed by atoms with Crippen molar-refractivity contribution in [3.05, 3.63) is 63.7 Å². The van der Waals surface area contributed by atoms with Crippen LogP contribution in [0.1, 0.15) is 11.1 Å². The summed E-state index contributed by atoms with van der Waals surface area (Å²) in [6.07, 6.45) is 0. The Hall–Kier alpha value is -2.70. The number of nitrogens with zero attached hydrogens (tertiary/aromatic N) is 1. The van der Waals surface area contributed by atoms with Gasteiger partial charge in [0.15, 0.2) is 0 Å². The van der Waals surface area contributed by atoms with Gasteiger partial charge in [0.1, 0.15) is 5.75 Å². The van der Waals surface area contributed by atoms with Crippen LogP contribution in [0.25, 0.3) is 0 Å². The number of halogens is 2. The van der Waals surface area contributed by atoms with E-state index >= 15 is 0 Å². The summed E-state index contributed by atoms with van der Waals surface area (Å²) >= 11 is 0. The number of anilines is 1. The third kappa shape index (κ3) is 4.15. The summed E-state index contributed by atoms with van der Waals surface area (Å²) in [5.41, 5.74) is 2.07. The topological polar surface area (TPSA) is 64.4 Å². The van der Waals surface area contributed by atoms with Gasteiger partial charge in [0, 0.05) is 23.9 Å². The van der Waals surface area contributed by atoms with Gasteiger partial charge in [0.2, 0.25) is 0 Å². The van der Waals surface area contributed by atoms with E-state index in [0.29, 0.717) is 17.8 Å². The van der Waals surface area contributed by atoms with Crippen molar-refractivity contribution in [3.63, 3.8) is 0 Å². The molecule has 0 fully saturated rings. The van der Waals surface area contributed by atoms with E-state index in [2.05, 4.69) is 10.1 Å². The molecular formula is C15H14F2N2O3. The molecular weight excluding hydrogens is 294 g/mol. The van der Waals surface area contributed by atoms with Gasteiger partial charge in [-0.1, -0.05) is 12.1 Å². The Labute approximate surface area is 125 Å². The second kappa shape index (κ2) is 6.84. The van der Waals surface area contributed by atoms with Crippen LogP contribution in [0.5, 0.6) is 5.75 Å². The quantitative estimate of drug-likeness (QED) is 0.644. The lowest BCUT2D eigenvalue weighted by Gasteiger charge is -2.09. The van der Waals surface area contributed by atoms with E-state index < -0.39 is 11.5 Å². The monoisotopic (exact) mass is 308 g/mol. The van der Waals surface area contributed by atoms with E-state index in [4.69, 9.17) is 0 Å². The molecule has 7 heteroatoms. The maximum atomic E-state index is 12.2. The minimum atomic E-state index is -2.86. The van der Waals surface area contributed by atoms with Crippen molar-refractivity contribution in [1.29, 1.82) is 0 Å². The van der Waals surface area contributed by atoms with Crippen molar-refractivity contribution in [1.82, 2.24) is 0 Å². The van der Waals surface area contributed by atoms with Gasteiger partial charge in [-0.3, -0.25) is 10.1 Å². The van der Waals surface area contributed by atoms with Crippen LogP contribution >= 0.6 is 0 Å². The molecule has 0 unspecified atom stereocenters. The number of nitro benzene ring substituents is 1. The lowest BCUT2D eigenvalue weighted by molar-refractivity contribution is -0.385. The van der Waals surface area contributed by atoms with Gasteiger partial charge in [-0.2, -0.15) is 8.78 Å². The fraction of sp³-hybridized carbons (Fsp3) is 0.200. The zero-order valence-electron chi connectivity index (χ0n) is 11.8. The molecule has 2 aromatic rings. The standard InChI is InChI=1S/C15H14F2N2O3/c1-10-7-12(5-6-14(10)19(20)21)18-9-11-3-2-4-13(8-11)22-15(16)17/h2-8,15,18H,9H2,1H3. The van der Waals surface area contributed by atoms with E-state index in [1.165, 1.54) is 18.2 Å². The minimum absolute atomic E-state index is 0.0536. The first-order valence-corrected chi connectivity index (χ1v) is 6.48. The van der Waals surface area contributed by atoms with Crippen LogP contribution in [0.15, 0.2) is 42.5 Å². The molecule has 2 aromatic carbocycles. The second-order valence-electron chi connectivity index (χ2n) is 4.64. The summed E-state index contributed by atoms with van der Waals surface area (Å²) in [5, 5.41) is 13.8. The summed E-state index contributed by atoms with van der Waals surface area (Å²) in [7, 11) is 0. The van der Waals surface area contributed by atoms with Crippen molar-refractivity contribution < 1.29 is 18.4 Å². The molecule has 0 heterocycles. The number of nitro groups is 1. The number of ether oxygens (including phenoxy) is 1. The zero-order chi connectivity index (χ0) is 16.1. The SMILES string of the molecule is Cc1cc(NCc2cccc(OC(F)F)c2)ccc1[N+](=O)[O-]. The lowest BCUT2D eigenvalue weighted by atomic mass is 10.1. The Bertz CT molecular complexity index is 678. The van der Waals surface area contributed by atoms with Crippen molar-refractivity contribution in [2.45, 2.75) is 20.1 Å². The number of rotatable bonds is 6. The third-order valence-electron chi connectivity index (χ3n) is 3.01. The first-order chi connectivity index (χ1) is 10.5. The first kappa shape index (κ1) is 15.7. The van der Waals surface area contributed by atoms with Crippen molar-refractivity contribution in [2.75, 3.05) is 5.32 Å². The van der Waals surface area contributed by atoms with Crippen molar-refractivity contribution in [3.8, 4) is 5.75 Å². The van der Waals surface area contributed by atoms with Crippen LogP contribution in [-0.2, 0) is 6.54 Å². The molecule has 5 nitrogen and oxygen atoms in total. The van der Waals surface area contributed by atoms with Crippen LogP contribution in [0.4, 0.5) is 20.2 Å². The highest BCUT2D eigenvalue weighted by molar-refractivity contribution is 5.53. The molecule has 22 heavy (non-hydrogen) atoms. The zero-order valence-corrected chi connectivity index (χ0v) is 11.8. The molecule has 0 aromatic heterocycles. The van der Waals surface area contributed by atoms with Crippen LogP contribution in [-0.4, -0.2) is 11.5 Å². The highest BCUT2D eigenvalue weighted by Gasteiger charge is 2.10. The Morgan fingerprint density at radius 2 is 2.05 bits per heavy atom. The van der Waals surface area contributed by atoms with Crippen LogP contribution in [0.2, 0.25) is 0 Å². The Morgan fingerprint density at radius 1 is 1.27 bits per heavy atom. The highest BCUT2D eigenvalue weighted by atomic mass is 19.3. The summed E-state index contributed by atoms with van der Waals surface area (Å²) in [6.45, 7) is -0.821. The molecule has 1 N–H and O–H groups in total. The summed E-state index contributed by atoms with van der Waals surface area (Å²) in [5.74, 6) is 0.0918. The van der Waals surface area contributed by atoms with Gasteiger partial charge < -0.3 is 10.1 Å². The maximum absolute atomic E-state index is 12.2. The number of alkyl halides is 2. The van der Waals surface area contributed by atoms with E-state index in [9.17, 15) is 18.9 Å². The number of nitrogens with one attached hydrogen (secondary N) is 1. The molecule has 0 amide bonds. The molecule has 116 valence electrons. The number of aryl methyl sites for hydroxylation is 1. The van der Waals surface area contributed by atoms with E-state index in [1.807, 2.05) is 0 Å². The molecule has 0 saturated heterocycles. The Kier molecular flexibility index (Phi) is 4.88. The first-order valence-electron chi connectivity index (χ1n) is 6.48. The molecule has 2 rings (SSSR count). The van der Waals surface area contributed by atoms with Crippen LogP contribution < -0.4 is 10.1 Å². The lowest BCUT2D eigenvalue weighted by Crippen LogP contribution is -2.04. The number of hydrogen-bond donors (Lipinski definition) is 1. The Morgan fingerprint density at radius 3 is 2.68 bits per heavy atom. The summed E-state index contributed by atoms with van der Waals surface area (Å²) in [4.78, 5) is 10.3. The minimum Gasteiger partial charge on any atom is -0.435 e. The second-order valence-corrected chi connectivity index (χ2v) is 4.64. The summed E-state index contributed by atoms with van der Waals surface area (Å²) < 4.78 is 28.6. The molecule has 0 bridgehead atoms. The van der Waals surface area contributed by atoms with Crippen LogP contribution in [0.3, 0.4) is 0 Å². The fourth-order valence-electron chi connectivity index (χ4n) is 2.01. The van der Waals surface area contributed by atoms with E-state index in [0.717, 1.165) is 5.56 Å². The van der Waals surface area contributed by atoms with Crippen LogP contribution in [0, 0.1) is 17.0 Å². The largest absolute Gasteiger partial charge is 0.435 e. The molecule has 0 aliphatic heterocycles. The number of hydrogen-bond acceptors (Lipinski definition) is 4. The van der Waals surface area contributed by atoms with E-state index in [-0.39, 0.29) is 11.4 Å². The maximum Gasteiger partial charge on any atom is 0.387 e. The van der Waals surface area contributed by atoms with Gasteiger partial charge in [0.25, 0.3) is 5.69 Å². The van der Waals surface area contributed by atoms with E-state index in [1.54, 1.807) is 31.2 Å². The van der Waals surface area contributed by atoms with Gasteiger partial charge in [-0.25, -0.2) is 0 Å². The average Bonchev–Trinajstić information content (AvgIpc) is 2.44. The van der Waals surface area contributed by atoms with Gasteiger partial charge in [-0.05, 0) is 36.8 Å². The Balaban J connectivity index is 2.04. The van der Waals surface area contributed by atoms with Crippen molar-refractivity contribution >= 4 is 11.4 Å². The molecule has 0 radical (unpaired) electrons. The molecule has 0 spiro atoms. The predicted octanol–water partition coefficient (Wildman–Crippen LogP) is 4.12. The normalized spacial score (nSPS) is 10.5. The smallest absolute Gasteiger partial charge is 0.387 e. The fourth-order valence-corrected chi connectivity index (χ4v) is 2.01. The van der Waals surface area contributed by atoms with Gasteiger partial charge in [0.05, 0.1) is 4.92 Å². The van der Waals surface area contributed by atoms with Crippen molar-refractivity contribution in [2.24, 2.45) is 0 Å². The third-order valence-corrected chi connectivity index (χ3v) is 3.01. The van der Waals surface area contributed by atoms with Gasteiger partial charge in [-0.15, -0.1) is 0 Å². The predicted molar refractivity (Wildman–Crippen MR) is 78.2 cm³/mol. The molecule has 0 aliphatic carbocycles. The summed E-state index contributed by atoms with van der Waals surface area (Å²) in [6, 6.07) is 11.0. The average molecular weight is 308 g/mol. The molecule has 0 aliphatic rings. The molecule has 0 atom stereocenters. The van der Waals surface area contributed by atoms with Gasteiger partial charge >= 0.3 is 6.61 Å².